The number of anilines is 2. The van der Waals surface area contributed by atoms with Crippen molar-refractivity contribution in [2.75, 3.05) is 11.1 Å². The van der Waals surface area contributed by atoms with Crippen LogP contribution in [0.5, 0.6) is 0 Å². The fraction of sp³-hybridized carbons (Fsp3) is 0. The molecule has 0 aliphatic heterocycles. The maximum atomic E-state index is 12.7. The van der Waals surface area contributed by atoms with Gasteiger partial charge in [-0.25, -0.2) is 4.98 Å². The molecule has 0 aromatic carbocycles. The average molecular weight is 473 g/mol. The molecule has 8 heteroatoms. The number of rotatable bonds is 3. The Kier molecular flexibility index (Phi) is 4.51. The average Bonchev–Trinajstić information content (AvgIpc) is 3.00. The van der Waals surface area contributed by atoms with Crippen LogP contribution in [0.25, 0.3) is 21.5 Å². The van der Waals surface area contributed by atoms with Crippen molar-refractivity contribution in [1.29, 1.82) is 0 Å². The summed E-state index contributed by atoms with van der Waals surface area (Å²) in [7, 11) is 0. The number of nitrogens with one attached hydrogen (secondary N) is 1. The monoisotopic (exact) mass is 473 g/mol. The van der Waals surface area contributed by atoms with Crippen LogP contribution in [0.1, 0.15) is 9.67 Å². The first-order chi connectivity index (χ1) is 12.6. The predicted octanol–water partition coefficient (Wildman–Crippen LogP) is 4.19. The second-order valence-corrected chi connectivity index (χ2v) is 7.61. The molecule has 6 nitrogen and oxygen atoms in total. The van der Waals surface area contributed by atoms with Gasteiger partial charge in [-0.2, -0.15) is 0 Å². The summed E-state index contributed by atoms with van der Waals surface area (Å²) in [5, 5.41) is 3.66. The van der Waals surface area contributed by atoms with E-state index in [1.54, 1.807) is 30.9 Å². The van der Waals surface area contributed by atoms with E-state index in [0.717, 1.165) is 25.0 Å². The first kappa shape index (κ1) is 16.9. The lowest BCUT2D eigenvalue weighted by atomic mass is 10.1. The number of carbonyl (C=O) groups is 1. The minimum atomic E-state index is -0.252. The van der Waals surface area contributed by atoms with Crippen LogP contribution in [0.4, 0.5) is 11.4 Å². The second kappa shape index (κ2) is 6.96. The number of nitrogens with two attached hydrogens (primary N) is 1. The van der Waals surface area contributed by atoms with Crippen molar-refractivity contribution in [3.8, 4) is 11.3 Å². The van der Waals surface area contributed by atoms with Crippen LogP contribution in [0, 0.1) is 3.57 Å². The summed E-state index contributed by atoms with van der Waals surface area (Å²) in [5.74, 6) is -0.252. The van der Waals surface area contributed by atoms with Crippen LogP contribution in [0.3, 0.4) is 0 Å². The van der Waals surface area contributed by atoms with Crippen LogP contribution in [0.15, 0.2) is 55.1 Å². The highest BCUT2D eigenvalue weighted by Crippen LogP contribution is 2.34. The summed E-state index contributed by atoms with van der Waals surface area (Å²) in [4.78, 5) is 26.6. The van der Waals surface area contributed by atoms with E-state index in [9.17, 15) is 4.79 Å². The molecule has 0 atom stereocenters. The minimum Gasteiger partial charge on any atom is -0.397 e. The molecular formula is C18H12IN5OS. The Hall–Kier alpha value is -2.59. The minimum absolute atomic E-state index is 0.252. The Balaban J connectivity index is 1.71. The van der Waals surface area contributed by atoms with Gasteiger partial charge in [0.2, 0.25) is 0 Å². The number of carbonyl (C=O) groups excluding carboxylic acids is 1. The van der Waals surface area contributed by atoms with E-state index < -0.39 is 0 Å². The lowest BCUT2D eigenvalue weighted by molar-refractivity contribution is 0.103. The number of halogens is 1. The topological polar surface area (TPSA) is 93.8 Å². The zero-order chi connectivity index (χ0) is 18.1. The quantitative estimate of drug-likeness (QED) is 0.436. The Morgan fingerprint density at radius 2 is 1.96 bits per heavy atom. The Morgan fingerprint density at radius 3 is 2.73 bits per heavy atom. The van der Waals surface area contributed by atoms with Crippen molar-refractivity contribution in [1.82, 2.24) is 15.0 Å². The number of hydrogen-bond acceptors (Lipinski definition) is 6. The van der Waals surface area contributed by atoms with Gasteiger partial charge >= 0.3 is 0 Å². The molecule has 26 heavy (non-hydrogen) atoms. The molecule has 0 unspecified atom stereocenters. The molecule has 4 aromatic rings. The second-order valence-electron chi connectivity index (χ2n) is 5.45. The molecule has 0 bridgehead atoms. The maximum absolute atomic E-state index is 12.7. The standard InChI is InChI=1S/C18H12IN5OS/c19-12-9-22-7-5-14(12)23-17(25)16-15(20)11-3-4-13(24-18(11)26-16)10-2-1-6-21-8-10/h1-9H,20H2,(H,22,23,25). The van der Waals surface area contributed by atoms with E-state index in [1.807, 2.05) is 24.3 Å². The fourth-order valence-corrected chi connectivity index (χ4v) is 3.96. The first-order valence-electron chi connectivity index (χ1n) is 7.64. The molecule has 0 spiro atoms. The Morgan fingerprint density at radius 1 is 1.12 bits per heavy atom. The number of hydrogen-bond donors (Lipinski definition) is 2. The van der Waals surface area contributed by atoms with Gasteiger partial charge in [-0.05, 0) is 52.9 Å². The van der Waals surface area contributed by atoms with Crippen LogP contribution in [0.2, 0.25) is 0 Å². The molecule has 1 amide bonds. The molecule has 0 fully saturated rings. The molecular weight excluding hydrogens is 461 g/mol. The number of thiophene rings is 1. The van der Waals surface area contributed by atoms with Crippen LogP contribution in [-0.4, -0.2) is 20.9 Å². The zero-order valence-electron chi connectivity index (χ0n) is 13.3. The van der Waals surface area contributed by atoms with Crippen molar-refractivity contribution in [2.24, 2.45) is 0 Å². The molecule has 0 radical (unpaired) electrons. The van der Waals surface area contributed by atoms with E-state index in [0.29, 0.717) is 16.3 Å². The Bertz CT molecular complexity index is 1110. The number of nitrogens with zero attached hydrogens (tertiary/aromatic N) is 3. The molecule has 128 valence electrons. The van der Waals surface area contributed by atoms with Crippen LogP contribution < -0.4 is 11.1 Å². The molecule has 0 saturated carbocycles. The van der Waals surface area contributed by atoms with Crippen LogP contribution in [-0.2, 0) is 0 Å². The normalized spacial score (nSPS) is 10.8. The van der Waals surface area contributed by atoms with Gasteiger partial charge in [-0.15, -0.1) is 11.3 Å². The number of aromatic nitrogens is 3. The van der Waals surface area contributed by atoms with Gasteiger partial charge in [0.05, 0.1) is 20.6 Å². The van der Waals surface area contributed by atoms with Crippen LogP contribution >= 0.6 is 33.9 Å². The summed E-state index contributed by atoms with van der Waals surface area (Å²) >= 11 is 3.40. The van der Waals surface area contributed by atoms with Gasteiger partial charge in [-0.1, -0.05) is 0 Å². The fourth-order valence-electron chi connectivity index (χ4n) is 2.50. The third kappa shape index (κ3) is 3.13. The zero-order valence-corrected chi connectivity index (χ0v) is 16.3. The molecule has 4 heterocycles. The summed E-state index contributed by atoms with van der Waals surface area (Å²) in [5.41, 5.74) is 9.05. The van der Waals surface area contributed by atoms with Gasteiger partial charge in [0.15, 0.2) is 0 Å². The molecule has 0 aliphatic carbocycles. The lowest BCUT2D eigenvalue weighted by Gasteiger charge is -2.05. The summed E-state index contributed by atoms with van der Waals surface area (Å²) in [6.45, 7) is 0. The van der Waals surface area contributed by atoms with Gasteiger partial charge in [-0.3, -0.25) is 14.8 Å². The number of amides is 1. The molecule has 0 aliphatic rings. The van der Waals surface area contributed by atoms with Gasteiger partial charge in [0.1, 0.15) is 9.71 Å². The molecule has 4 aromatic heterocycles. The third-order valence-corrected chi connectivity index (χ3v) is 5.75. The largest absolute Gasteiger partial charge is 0.397 e. The number of nitrogen functional groups attached to an aromatic ring is 1. The van der Waals surface area contributed by atoms with Crippen molar-refractivity contribution >= 4 is 61.4 Å². The van der Waals surface area contributed by atoms with E-state index >= 15 is 0 Å². The molecule has 0 saturated heterocycles. The van der Waals surface area contributed by atoms with E-state index in [-0.39, 0.29) is 5.91 Å². The third-order valence-electron chi connectivity index (χ3n) is 3.78. The summed E-state index contributed by atoms with van der Waals surface area (Å²) < 4.78 is 0.857. The van der Waals surface area contributed by atoms with Crippen molar-refractivity contribution < 1.29 is 4.79 Å². The summed E-state index contributed by atoms with van der Waals surface area (Å²) in [6, 6.07) is 9.33. The van der Waals surface area contributed by atoms with Gasteiger partial charge < -0.3 is 11.1 Å². The maximum Gasteiger partial charge on any atom is 0.267 e. The highest BCUT2D eigenvalue weighted by molar-refractivity contribution is 14.1. The van der Waals surface area contributed by atoms with E-state index in [4.69, 9.17) is 5.73 Å². The predicted molar refractivity (Wildman–Crippen MR) is 112 cm³/mol. The first-order valence-corrected chi connectivity index (χ1v) is 9.53. The van der Waals surface area contributed by atoms with Gasteiger partial charge in [0, 0.05) is 35.7 Å². The highest BCUT2D eigenvalue weighted by atomic mass is 127. The molecule has 4 rings (SSSR count). The number of pyridine rings is 3. The van der Waals surface area contributed by atoms with E-state index in [1.165, 1.54) is 11.3 Å². The smallest absolute Gasteiger partial charge is 0.267 e. The van der Waals surface area contributed by atoms with Crippen molar-refractivity contribution in [3.63, 3.8) is 0 Å². The van der Waals surface area contributed by atoms with E-state index in [2.05, 4.69) is 42.9 Å². The van der Waals surface area contributed by atoms with Crippen molar-refractivity contribution in [3.05, 3.63) is 63.6 Å². The lowest BCUT2D eigenvalue weighted by Crippen LogP contribution is -2.12. The SMILES string of the molecule is Nc1c(C(=O)Nc2ccncc2I)sc2nc(-c3cccnc3)ccc12. The highest BCUT2D eigenvalue weighted by Gasteiger charge is 2.18. The summed E-state index contributed by atoms with van der Waals surface area (Å²) in [6.07, 6.45) is 6.79. The number of fused-ring (bicyclic) bond motifs is 1. The van der Waals surface area contributed by atoms with Gasteiger partial charge in [0.25, 0.3) is 5.91 Å². The Labute approximate surface area is 166 Å². The van der Waals surface area contributed by atoms with Crippen molar-refractivity contribution in [2.45, 2.75) is 0 Å². The molecule has 3 N–H and O–H groups in total.